The predicted molar refractivity (Wildman–Crippen MR) is 75.1 cm³/mol. The summed E-state index contributed by atoms with van der Waals surface area (Å²) < 4.78 is 16.9. The van der Waals surface area contributed by atoms with E-state index in [4.69, 9.17) is 19.8 Å². The van der Waals surface area contributed by atoms with E-state index in [0.29, 0.717) is 12.3 Å². The van der Waals surface area contributed by atoms with Crippen molar-refractivity contribution >= 4 is 18.3 Å². The maximum absolute atomic E-state index is 5.96. The maximum atomic E-state index is 5.96. The first kappa shape index (κ1) is 14.3. The summed E-state index contributed by atoms with van der Waals surface area (Å²) in [6.07, 6.45) is 1.73. The van der Waals surface area contributed by atoms with E-state index in [1.165, 1.54) is 0 Å². The minimum absolute atomic E-state index is 0.363. The number of anilines is 1. The average molecular weight is 264 g/mol. The lowest BCUT2D eigenvalue weighted by molar-refractivity contribution is 0.00578. The Hall–Kier alpha value is -1.11. The lowest BCUT2D eigenvalue weighted by Crippen LogP contribution is -2.41. The highest BCUT2D eigenvalue weighted by Gasteiger charge is 2.51. The lowest BCUT2D eigenvalue weighted by Gasteiger charge is -2.32. The molecule has 0 spiro atoms. The van der Waals surface area contributed by atoms with Gasteiger partial charge in [0.1, 0.15) is 0 Å². The molecule has 0 aliphatic carbocycles. The summed E-state index contributed by atoms with van der Waals surface area (Å²) in [6.45, 7) is 8.47. The minimum atomic E-state index is -0.434. The molecule has 19 heavy (non-hydrogen) atoms. The molecule has 1 saturated heterocycles. The zero-order valence-corrected chi connectivity index (χ0v) is 12.2. The molecule has 1 aromatic rings. The van der Waals surface area contributed by atoms with Crippen LogP contribution in [0.15, 0.2) is 12.3 Å². The summed E-state index contributed by atoms with van der Waals surface area (Å²) in [5.74, 6) is 0. The van der Waals surface area contributed by atoms with Crippen LogP contribution in [-0.2, 0) is 20.7 Å². The Morgan fingerprint density at radius 1 is 1.26 bits per heavy atom. The van der Waals surface area contributed by atoms with E-state index < -0.39 is 7.12 Å². The van der Waals surface area contributed by atoms with Crippen LogP contribution in [0.2, 0.25) is 0 Å². The second-order valence-electron chi connectivity index (χ2n) is 5.83. The molecule has 0 aromatic carbocycles. The predicted octanol–water partition coefficient (Wildman–Crippen LogP) is 1.11. The van der Waals surface area contributed by atoms with Crippen molar-refractivity contribution in [3.8, 4) is 0 Å². The van der Waals surface area contributed by atoms with Crippen LogP contribution in [-0.4, -0.2) is 30.4 Å². The summed E-state index contributed by atoms with van der Waals surface area (Å²) in [5.41, 5.74) is 7.38. The van der Waals surface area contributed by atoms with Gasteiger partial charge in [0.05, 0.1) is 29.2 Å². The van der Waals surface area contributed by atoms with Gasteiger partial charge in [0, 0.05) is 18.8 Å². The number of nitrogen functional groups attached to an aromatic ring is 1. The summed E-state index contributed by atoms with van der Waals surface area (Å²) in [6, 6.07) is 1.84. The molecule has 0 radical (unpaired) electrons. The van der Waals surface area contributed by atoms with Crippen molar-refractivity contribution in [3.05, 3.63) is 18.0 Å². The molecule has 6 heteroatoms. The third-order valence-corrected chi connectivity index (χ3v) is 3.83. The third-order valence-electron chi connectivity index (χ3n) is 3.83. The van der Waals surface area contributed by atoms with Crippen LogP contribution < -0.4 is 11.2 Å². The topological polar surface area (TPSA) is 66.6 Å². The molecule has 2 N–H and O–H groups in total. The van der Waals surface area contributed by atoms with Gasteiger partial charge in [-0.25, -0.2) is 0 Å². The Labute approximate surface area is 114 Å². The molecular weight excluding hydrogens is 243 g/mol. The summed E-state index contributed by atoms with van der Waals surface area (Å²) in [4.78, 5) is 4.30. The smallest absolute Gasteiger partial charge is 0.399 e. The maximum Gasteiger partial charge on any atom is 0.496 e. The van der Waals surface area contributed by atoms with Crippen LogP contribution in [0, 0.1) is 0 Å². The van der Waals surface area contributed by atoms with Crippen LogP contribution >= 0.6 is 0 Å². The Morgan fingerprint density at radius 3 is 2.32 bits per heavy atom. The highest BCUT2D eigenvalue weighted by molar-refractivity contribution is 6.62. The highest BCUT2D eigenvalue weighted by Crippen LogP contribution is 2.36. The number of pyridine rings is 1. The first-order chi connectivity index (χ1) is 8.77. The second-order valence-corrected chi connectivity index (χ2v) is 5.83. The molecule has 0 atom stereocenters. The molecule has 1 aromatic heterocycles. The zero-order valence-electron chi connectivity index (χ0n) is 12.2. The Bertz CT molecular complexity index is 461. The van der Waals surface area contributed by atoms with Crippen molar-refractivity contribution in [2.75, 3.05) is 12.8 Å². The Morgan fingerprint density at radius 2 is 1.84 bits per heavy atom. The van der Waals surface area contributed by atoms with Crippen LogP contribution in [0.3, 0.4) is 0 Å². The monoisotopic (exact) mass is 264 g/mol. The fourth-order valence-corrected chi connectivity index (χ4v) is 1.89. The normalized spacial score (nSPS) is 20.8. The molecule has 0 bridgehead atoms. The van der Waals surface area contributed by atoms with Gasteiger partial charge in [-0.2, -0.15) is 0 Å². The van der Waals surface area contributed by atoms with Gasteiger partial charge in [0.2, 0.25) is 0 Å². The molecule has 0 saturated carbocycles. The van der Waals surface area contributed by atoms with Gasteiger partial charge >= 0.3 is 7.12 Å². The van der Waals surface area contributed by atoms with Crippen molar-refractivity contribution < 1.29 is 14.0 Å². The van der Waals surface area contributed by atoms with Crippen LogP contribution in [0.25, 0.3) is 0 Å². The van der Waals surface area contributed by atoms with E-state index in [1.807, 2.05) is 33.8 Å². The van der Waals surface area contributed by atoms with Gasteiger partial charge in [-0.1, -0.05) is 0 Å². The van der Waals surface area contributed by atoms with Crippen molar-refractivity contribution in [1.29, 1.82) is 0 Å². The summed E-state index contributed by atoms with van der Waals surface area (Å²) in [5, 5.41) is 0. The number of methoxy groups -OCH3 is 1. The molecule has 2 rings (SSSR count). The molecule has 104 valence electrons. The van der Waals surface area contributed by atoms with Gasteiger partial charge in [-0.3, -0.25) is 4.98 Å². The van der Waals surface area contributed by atoms with Crippen molar-refractivity contribution in [3.63, 3.8) is 0 Å². The van der Waals surface area contributed by atoms with E-state index >= 15 is 0 Å². The van der Waals surface area contributed by atoms with Gasteiger partial charge in [-0.05, 0) is 33.8 Å². The first-order valence-corrected chi connectivity index (χ1v) is 6.36. The average Bonchev–Trinajstić information content (AvgIpc) is 2.51. The number of hydrogen-bond donors (Lipinski definition) is 1. The highest BCUT2D eigenvalue weighted by atomic mass is 16.7. The Balaban J connectivity index is 2.23. The fraction of sp³-hybridized carbons (Fsp3) is 0.615. The number of rotatable bonds is 3. The van der Waals surface area contributed by atoms with Gasteiger partial charge in [-0.15, -0.1) is 0 Å². The molecule has 0 amide bonds. The molecule has 1 fully saturated rings. The van der Waals surface area contributed by atoms with Crippen molar-refractivity contribution in [1.82, 2.24) is 4.98 Å². The number of nitrogens with two attached hydrogens (primary N) is 1. The molecule has 0 unspecified atom stereocenters. The second kappa shape index (κ2) is 4.78. The number of nitrogens with zero attached hydrogens (tertiary/aromatic N) is 1. The number of hydrogen-bond acceptors (Lipinski definition) is 5. The lowest BCUT2D eigenvalue weighted by atomic mass is 9.80. The van der Waals surface area contributed by atoms with E-state index in [0.717, 1.165) is 11.2 Å². The fourth-order valence-electron chi connectivity index (χ4n) is 1.89. The van der Waals surface area contributed by atoms with E-state index in [9.17, 15) is 0 Å². The molecule has 2 heterocycles. The zero-order chi connectivity index (χ0) is 14.3. The summed E-state index contributed by atoms with van der Waals surface area (Å²) in [7, 11) is 1.18. The SMILES string of the molecule is COCc1ncc(B2OC(C)(C)C(C)(C)O2)cc1N. The van der Waals surface area contributed by atoms with Gasteiger partial charge < -0.3 is 19.8 Å². The standard InChI is InChI=1S/C13H21BN2O3/c1-12(2)13(3,4)19-14(18-12)9-6-10(15)11(8-17-5)16-7-9/h6-7H,8,15H2,1-5H3. The van der Waals surface area contributed by atoms with Gasteiger partial charge in [0.25, 0.3) is 0 Å². The number of aromatic nitrogens is 1. The first-order valence-electron chi connectivity index (χ1n) is 6.36. The van der Waals surface area contributed by atoms with E-state index in [1.54, 1.807) is 13.3 Å². The summed E-state index contributed by atoms with van der Waals surface area (Å²) >= 11 is 0. The van der Waals surface area contributed by atoms with E-state index in [2.05, 4.69) is 4.98 Å². The molecule has 1 aliphatic heterocycles. The molecular formula is C13H21BN2O3. The van der Waals surface area contributed by atoms with Crippen LogP contribution in [0.5, 0.6) is 0 Å². The number of ether oxygens (including phenoxy) is 1. The third kappa shape index (κ3) is 2.61. The minimum Gasteiger partial charge on any atom is -0.399 e. The van der Waals surface area contributed by atoms with Crippen LogP contribution in [0.4, 0.5) is 5.69 Å². The van der Waals surface area contributed by atoms with Gasteiger partial charge in [0.15, 0.2) is 0 Å². The van der Waals surface area contributed by atoms with Crippen molar-refractivity contribution in [2.45, 2.75) is 45.5 Å². The largest absolute Gasteiger partial charge is 0.496 e. The Kier molecular flexibility index (Phi) is 3.60. The van der Waals surface area contributed by atoms with E-state index in [-0.39, 0.29) is 11.2 Å². The quantitative estimate of drug-likeness (QED) is 0.828. The molecule has 5 nitrogen and oxygen atoms in total. The van der Waals surface area contributed by atoms with Crippen molar-refractivity contribution in [2.24, 2.45) is 0 Å². The molecule has 1 aliphatic rings. The van der Waals surface area contributed by atoms with Crippen LogP contribution in [0.1, 0.15) is 33.4 Å².